The SMILES string of the molecule is CCCCCCCCCCC=C(OC(=O)C1CCCCC1)C(=O)OC(=O)CCCCCCCCCCCCC(=O)OC(=O)CCCCCCCCCCC.CNC(C)O.CNC(C)O.CNC(C)O.CNC(C)O. The van der Waals surface area contributed by atoms with Crippen molar-refractivity contribution in [3.8, 4) is 0 Å². The standard InChI is InChI=1S/C46H80O8.4C3H9NO/c1-3-5-7-9-11-15-19-23-30-36-41(52-45(50)40-34-28-27-29-35-40)46(51)54-44(49)39-33-26-22-18-14-13-17-21-25-32-38-43(48)53-42(47)37-31-24-20-16-12-10-8-6-4-2;4*1-3(5)4-2/h36,40H,3-35,37-39H2,1-2H3;4*3-5H,1-2H3. The van der Waals surface area contributed by atoms with Crippen LogP contribution in [0.15, 0.2) is 11.8 Å². The lowest BCUT2D eigenvalue weighted by atomic mass is 9.89. The number of esters is 5. The number of carbonyl (C=O) groups excluding carboxylic acids is 5. The van der Waals surface area contributed by atoms with Crippen molar-refractivity contribution in [3.05, 3.63) is 11.8 Å². The van der Waals surface area contributed by atoms with Gasteiger partial charge >= 0.3 is 29.8 Å². The van der Waals surface area contributed by atoms with Crippen LogP contribution >= 0.6 is 0 Å². The van der Waals surface area contributed by atoms with Gasteiger partial charge in [-0.25, -0.2) is 4.79 Å². The first-order valence-electron chi connectivity index (χ1n) is 29.3. The average Bonchev–Trinajstić information content (AvgIpc) is 3.38. The summed E-state index contributed by atoms with van der Waals surface area (Å²) in [6.45, 7) is 11.1. The molecule has 1 saturated carbocycles. The predicted molar refractivity (Wildman–Crippen MR) is 300 cm³/mol. The second kappa shape index (κ2) is 61.0. The quantitative estimate of drug-likeness (QED) is 0.00543. The Morgan fingerprint density at radius 2 is 0.689 bits per heavy atom. The topological polar surface area (TPSA) is 242 Å². The second-order valence-electron chi connectivity index (χ2n) is 19.7. The van der Waals surface area contributed by atoms with E-state index in [4.69, 9.17) is 34.6 Å². The third-order valence-electron chi connectivity index (χ3n) is 12.3. The van der Waals surface area contributed by atoms with Gasteiger partial charge in [-0.1, -0.05) is 181 Å². The molecule has 4 atom stereocenters. The largest absolute Gasteiger partial charge is 0.419 e. The number of carbonyl (C=O) groups is 5. The number of rotatable bonds is 39. The van der Waals surface area contributed by atoms with Crippen molar-refractivity contribution >= 4 is 29.8 Å². The van der Waals surface area contributed by atoms with E-state index >= 15 is 0 Å². The van der Waals surface area contributed by atoms with Crippen LogP contribution in [0.4, 0.5) is 0 Å². The van der Waals surface area contributed by atoms with E-state index in [1.165, 1.54) is 70.6 Å². The summed E-state index contributed by atoms with van der Waals surface area (Å²) in [5.74, 6) is -2.90. The van der Waals surface area contributed by atoms with Crippen molar-refractivity contribution in [1.29, 1.82) is 0 Å². The Bertz CT molecular complexity index is 1260. The maximum absolute atomic E-state index is 12.9. The first kappa shape index (κ1) is 77.7. The summed E-state index contributed by atoms with van der Waals surface area (Å²) in [7, 11) is 6.80. The highest BCUT2D eigenvalue weighted by Gasteiger charge is 2.27. The number of nitrogens with one attached hydrogen (secondary N) is 4. The highest BCUT2D eigenvalue weighted by atomic mass is 16.6. The summed E-state index contributed by atoms with van der Waals surface area (Å²) in [6, 6.07) is 0. The third kappa shape index (κ3) is 65.3. The van der Waals surface area contributed by atoms with Gasteiger partial charge in [0.05, 0.1) is 5.92 Å². The first-order chi connectivity index (χ1) is 35.4. The molecular formula is C58H116N4O12. The van der Waals surface area contributed by atoms with Crippen molar-refractivity contribution in [2.75, 3.05) is 28.2 Å². The Morgan fingerprint density at radius 3 is 0.986 bits per heavy atom. The summed E-state index contributed by atoms with van der Waals surface area (Å²) < 4.78 is 15.7. The minimum Gasteiger partial charge on any atom is -0.419 e. The van der Waals surface area contributed by atoms with Crippen molar-refractivity contribution < 1.29 is 58.6 Å². The van der Waals surface area contributed by atoms with Crippen LogP contribution in [-0.4, -0.2) is 103 Å². The third-order valence-corrected chi connectivity index (χ3v) is 12.3. The number of hydrogen-bond donors (Lipinski definition) is 8. The molecule has 16 nitrogen and oxygen atoms in total. The molecular weight excluding hydrogens is 945 g/mol. The lowest BCUT2D eigenvalue weighted by Crippen LogP contribution is -2.24. The van der Waals surface area contributed by atoms with Crippen molar-refractivity contribution in [2.24, 2.45) is 5.92 Å². The molecule has 0 aromatic carbocycles. The zero-order valence-electron chi connectivity index (χ0n) is 49.0. The van der Waals surface area contributed by atoms with Gasteiger partial charge in [-0.15, -0.1) is 0 Å². The van der Waals surface area contributed by atoms with E-state index in [0.29, 0.717) is 25.7 Å². The molecule has 1 rings (SSSR count). The summed E-state index contributed by atoms with van der Waals surface area (Å²) >= 11 is 0. The van der Waals surface area contributed by atoms with Crippen LogP contribution in [0.3, 0.4) is 0 Å². The van der Waals surface area contributed by atoms with E-state index in [-0.39, 0.29) is 54.9 Å². The summed E-state index contributed by atoms with van der Waals surface area (Å²) in [5.41, 5.74) is 0. The Morgan fingerprint density at radius 1 is 0.419 bits per heavy atom. The molecule has 74 heavy (non-hydrogen) atoms. The molecule has 1 aliphatic carbocycles. The fourth-order valence-electron chi connectivity index (χ4n) is 7.17. The van der Waals surface area contributed by atoms with Gasteiger partial charge in [0.25, 0.3) is 0 Å². The molecule has 1 aliphatic rings. The molecule has 1 fully saturated rings. The fraction of sp³-hybridized carbons (Fsp3) is 0.879. The Kier molecular flexibility index (Phi) is 64.1. The highest BCUT2D eigenvalue weighted by Crippen LogP contribution is 2.26. The van der Waals surface area contributed by atoms with Crippen molar-refractivity contribution in [2.45, 2.75) is 298 Å². The predicted octanol–water partition coefficient (Wildman–Crippen LogP) is 11.4. The van der Waals surface area contributed by atoms with Gasteiger partial charge in [0, 0.05) is 19.3 Å². The number of aliphatic hydroxyl groups excluding tert-OH is 4. The molecule has 0 saturated heterocycles. The Hall–Kier alpha value is -2.83. The number of allylic oxidation sites excluding steroid dienone is 1. The molecule has 8 N–H and O–H groups in total. The van der Waals surface area contributed by atoms with Crippen LogP contribution in [0.2, 0.25) is 0 Å². The summed E-state index contributed by atoms with van der Waals surface area (Å²) in [4.78, 5) is 62.0. The van der Waals surface area contributed by atoms with Crippen LogP contribution < -0.4 is 21.3 Å². The minimum atomic E-state index is -0.849. The molecule has 4 unspecified atom stereocenters. The lowest BCUT2D eigenvalue weighted by molar-refractivity contribution is -0.163. The zero-order valence-corrected chi connectivity index (χ0v) is 49.0. The Balaban J connectivity index is -0.00000103. The van der Waals surface area contributed by atoms with E-state index < -0.39 is 17.9 Å². The van der Waals surface area contributed by atoms with E-state index in [0.717, 1.165) is 128 Å². The van der Waals surface area contributed by atoms with Gasteiger partial charge in [0.1, 0.15) is 24.9 Å². The molecule has 0 aromatic rings. The maximum Gasteiger partial charge on any atom is 0.381 e. The summed E-state index contributed by atoms with van der Waals surface area (Å²) in [5, 5.41) is 43.3. The number of aliphatic hydroxyl groups is 4. The van der Waals surface area contributed by atoms with Gasteiger partial charge < -0.3 is 34.6 Å². The van der Waals surface area contributed by atoms with Crippen LogP contribution in [0.5, 0.6) is 0 Å². The van der Waals surface area contributed by atoms with Gasteiger partial charge in [-0.2, -0.15) is 0 Å². The van der Waals surface area contributed by atoms with Gasteiger partial charge in [-0.3, -0.25) is 40.4 Å². The highest BCUT2D eigenvalue weighted by molar-refractivity contribution is 5.96. The summed E-state index contributed by atoms with van der Waals surface area (Å²) in [6.07, 6.45) is 36.1. The van der Waals surface area contributed by atoms with Crippen LogP contribution in [0, 0.1) is 5.92 Å². The number of unbranched alkanes of at least 4 members (excludes halogenated alkanes) is 25. The van der Waals surface area contributed by atoms with E-state index in [1.807, 2.05) is 0 Å². The molecule has 0 aromatic heterocycles. The molecule has 0 radical (unpaired) electrons. The maximum atomic E-state index is 12.9. The van der Waals surface area contributed by atoms with E-state index in [1.54, 1.807) is 62.0 Å². The number of hydrogen-bond acceptors (Lipinski definition) is 16. The molecule has 0 spiro atoms. The van der Waals surface area contributed by atoms with Crippen LogP contribution in [0.1, 0.15) is 273 Å². The van der Waals surface area contributed by atoms with Crippen LogP contribution in [0.25, 0.3) is 0 Å². The normalized spacial score (nSPS) is 13.9. The van der Waals surface area contributed by atoms with Crippen molar-refractivity contribution in [1.82, 2.24) is 21.3 Å². The number of ether oxygens (including phenoxy) is 3. The lowest BCUT2D eigenvalue weighted by Gasteiger charge is -2.20. The second-order valence-corrected chi connectivity index (χ2v) is 19.7. The van der Waals surface area contributed by atoms with Crippen molar-refractivity contribution in [3.63, 3.8) is 0 Å². The zero-order chi connectivity index (χ0) is 56.5. The Labute approximate surface area is 451 Å². The van der Waals surface area contributed by atoms with Crippen LogP contribution in [-0.2, 0) is 38.2 Å². The van der Waals surface area contributed by atoms with Gasteiger partial charge in [0.15, 0.2) is 0 Å². The smallest absolute Gasteiger partial charge is 0.381 e. The average molecular weight is 1060 g/mol. The first-order valence-corrected chi connectivity index (χ1v) is 29.3. The molecule has 0 bridgehead atoms. The van der Waals surface area contributed by atoms with E-state index in [2.05, 4.69) is 35.1 Å². The molecule has 0 heterocycles. The van der Waals surface area contributed by atoms with Gasteiger partial charge in [-0.05, 0) is 107 Å². The monoisotopic (exact) mass is 1060 g/mol. The molecule has 0 aliphatic heterocycles. The minimum absolute atomic E-state index is 0.128. The van der Waals surface area contributed by atoms with Gasteiger partial charge in [0.2, 0.25) is 5.76 Å². The molecule has 16 heteroatoms. The van der Waals surface area contributed by atoms with E-state index in [9.17, 15) is 24.0 Å². The fourth-order valence-corrected chi connectivity index (χ4v) is 7.17. The molecule has 440 valence electrons. The molecule has 0 amide bonds.